The van der Waals surface area contributed by atoms with Crippen LogP contribution in [-0.4, -0.2) is 11.1 Å². The number of hydrogen-bond acceptors (Lipinski definition) is 3. The first-order valence-corrected chi connectivity index (χ1v) is 4.96. The summed E-state index contributed by atoms with van der Waals surface area (Å²) in [5.41, 5.74) is 0.164. The van der Waals surface area contributed by atoms with E-state index < -0.39 is 11.8 Å². The fourth-order valence-corrected chi connectivity index (χ4v) is 1.39. The van der Waals surface area contributed by atoms with Crippen LogP contribution in [0.2, 0.25) is 0 Å². The second-order valence-corrected chi connectivity index (χ2v) is 3.43. The number of carboxylic acid groups (broad SMARTS) is 1. The van der Waals surface area contributed by atoms with Gasteiger partial charge in [0.25, 0.3) is 0 Å². The van der Waals surface area contributed by atoms with Crippen LogP contribution in [-0.2, 0) is 6.54 Å². The SMILES string of the molecule is O=C(O)c1ccc(NCc2ccco2)c(F)c1. The van der Waals surface area contributed by atoms with Crippen LogP contribution >= 0.6 is 0 Å². The minimum Gasteiger partial charge on any atom is -0.478 e. The van der Waals surface area contributed by atoms with Gasteiger partial charge >= 0.3 is 5.97 Å². The molecule has 0 amide bonds. The molecule has 2 aromatic rings. The molecule has 1 heterocycles. The molecule has 88 valence electrons. The zero-order chi connectivity index (χ0) is 12.3. The minimum atomic E-state index is -1.15. The maximum Gasteiger partial charge on any atom is 0.335 e. The third kappa shape index (κ3) is 2.63. The van der Waals surface area contributed by atoms with Crippen LogP contribution in [0.15, 0.2) is 41.0 Å². The molecule has 0 bridgehead atoms. The summed E-state index contributed by atoms with van der Waals surface area (Å²) in [5.74, 6) is -1.08. The first-order chi connectivity index (χ1) is 8.16. The average Bonchev–Trinajstić information content (AvgIpc) is 2.80. The minimum absolute atomic E-state index is 0.0777. The number of benzene rings is 1. The number of carbonyl (C=O) groups is 1. The van der Waals surface area contributed by atoms with E-state index in [-0.39, 0.29) is 11.3 Å². The molecule has 0 radical (unpaired) electrons. The van der Waals surface area contributed by atoms with Crippen molar-refractivity contribution in [3.05, 3.63) is 53.7 Å². The molecule has 0 aliphatic heterocycles. The van der Waals surface area contributed by atoms with E-state index in [2.05, 4.69) is 5.32 Å². The molecule has 0 fully saturated rings. The van der Waals surface area contributed by atoms with Crippen molar-refractivity contribution >= 4 is 11.7 Å². The molecular weight excluding hydrogens is 225 g/mol. The van der Waals surface area contributed by atoms with Crippen molar-refractivity contribution in [2.45, 2.75) is 6.54 Å². The van der Waals surface area contributed by atoms with E-state index in [1.165, 1.54) is 18.4 Å². The van der Waals surface area contributed by atoms with Gasteiger partial charge in [0.2, 0.25) is 0 Å². The third-order valence-corrected chi connectivity index (χ3v) is 2.25. The summed E-state index contributed by atoms with van der Waals surface area (Å²) in [5, 5.41) is 11.5. The van der Waals surface area contributed by atoms with Crippen LogP contribution in [0.3, 0.4) is 0 Å². The fourth-order valence-electron chi connectivity index (χ4n) is 1.39. The van der Waals surface area contributed by atoms with E-state index in [9.17, 15) is 9.18 Å². The number of halogens is 1. The van der Waals surface area contributed by atoms with E-state index >= 15 is 0 Å². The first-order valence-electron chi connectivity index (χ1n) is 4.96. The maximum atomic E-state index is 13.5. The summed E-state index contributed by atoms with van der Waals surface area (Å²) in [6.07, 6.45) is 1.53. The number of furan rings is 1. The molecule has 1 aromatic carbocycles. The van der Waals surface area contributed by atoms with Crippen molar-refractivity contribution in [3.63, 3.8) is 0 Å². The Labute approximate surface area is 96.7 Å². The van der Waals surface area contributed by atoms with Gasteiger partial charge in [-0.25, -0.2) is 9.18 Å². The van der Waals surface area contributed by atoms with Gasteiger partial charge in [-0.1, -0.05) is 0 Å². The second-order valence-electron chi connectivity index (χ2n) is 3.43. The van der Waals surface area contributed by atoms with Crippen molar-refractivity contribution in [1.29, 1.82) is 0 Å². The molecule has 17 heavy (non-hydrogen) atoms. The van der Waals surface area contributed by atoms with Gasteiger partial charge in [0.05, 0.1) is 24.1 Å². The maximum absolute atomic E-state index is 13.5. The molecule has 0 aliphatic rings. The summed E-state index contributed by atoms with van der Waals surface area (Å²) in [4.78, 5) is 10.6. The molecule has 2 N–H and O–H groups in total. The standard InChI is InChI=1S/C12H10FNO3/c13-10-6-8(12(15)16)3-4-11(10)14-7-9-2-1-5-17-9/h1-6,14H,7H2,(H,15,16). The molecule has 0 aliphatic carbocycles. The van der Waals surface area contributed by atoms with Crippen molar-refractivity contribution < 1.29 is 18.7 Å². The Hall–Kier alpha value is -2.30. The largest absolute Gasteiger partial charge is 0.478 e. The van der Waals surface area contributed by atoms with Crippen molar-refractivity contribution in [2.24, 2.45) is 0 Å². The lowest BCUT2D eigenvalue weighted by Gasteiger charge is -2.06. The molecule has 0 atom stereocenters. The predicted octanol–water partition coefficient (Wildman–Crippen LogP) is 2.73. The number of nitrogens with one attached hydrogen (secondary N) is 1. The topological polar surface area (TPSA) is 62.5 Å². The number of hydrogen-bond donors (Lipinski definition) is 2. The van der Waals surface area contributed by atoms with Crippen LogP contribution < -0.4 is 5.32 Å². The lowest BCUT2D eigenvalue weighted by Crippen LogP contribution is -2.03. The number of carboxylic acids is 1. The van der Waals surface area contributed by atoms with Crippen molar-refractivity contribution in [1.82, 2.24) is 0 Å². The fraction of sp³-hybridized carbons (Fsp3) is 0.0833. The highest BCUT2D eigenvalue weighted by molar-refractivity contribution is 5.88. The van der Waals surface area contributed by atoms with Gasteiger partial charge in [0, 0.05) is 0 Å². The molecular formula is C12H10FNO3. The zero-order valence-corrected chi connectivity index (χ0v) is 8.81. The summed E-state index contributed by atoms with van der Waals surface area (Å²) in [6.45, 7) is 0.344. The Kier molecular flexibility index (Phi) is 3.09. The highest BCUT2D eigenvalue weighted by Crippen LogP contribution is 2.17. The van der Waals surface area contributed by atoms with Gasteiger partial charge in [-0.15, -0.1) is 0 Å². The van der Waals surface area contributed by atoms with Gasteiger partial charge < -0.3 is 14.8 Å². The van der Waals surface area contributed by atoms with Gasteiger partial charge in [0.15, 0.2) is 0 Å². The average molecular weight is 235 g/mol. The molecule has 4 nitrogen and oxygen atoms in total. The smallest absolute Gasteiger partial charge is 0.335 e. The lowest BCUT2D eigenvalue weighted by atomic mass is 10.2. The van der Waals surface area contributed by atoms with E-state index in [1.807, 2.05) is 0 Å². The Bertz CT molecular complexity index is 523. The van der Waals surface area contributed by atoms with E-state index in [1.54, 1.807) is 12.1 Å². The number of aromatic carboxylic acids is 1. The Morgan fingerprint density at radius 2 is 2.24 bits per heavy atom. The Morgan fingerprint density at radius 1 is 1.41 bits per heavy atom. The van der Waals surface area contributed by atoms with Crippen LogP contribution in [0.5, 0.6) is 0 Å². The van der Waals surface area contributed by atoms with E-state index in [4.69, 9.17) is 9.52 Å². The molecule has 1 aromatic heterocycles. The van der Waals surface area contributed by atoms with Crippen LogP contribution in [0.1, 0.15) is 16.1 Å². The van der Waals surface area contributed by atoms with Crippen LogP contribution in [0.25, 0.3) is 0 Å². The Balaban J connectivity index is 2.09. The molecule has 0 saturated heterocycles. The summed E-state index contributed by atoms with van der Waals surface area (Å²) < 4.78 is 18.6. The molecule has 0 saturated carbocycles. The van der Waals surface area contributed by atoms with Crippen molar-refractivity contribution in [3.8, 4) is 0 Å². The quantitative estimate of drug-likeness (QED) is 0.855. The second kappa shape index (κ2) is 4.69. The van der Waals surface area contributed by atoms with Crippen LogP contribution in [0.4, 0.5) is 10.1 Å². The number of rotatable bonds is 4. The van der Waals surface area contributed by atoms with Gasteiger partial charge in [-0.3, -0.25) is 0 Å². The van der Waals surface area contributed by atoms with Gasteiger partial charge in [0.1, 0.15) is 11.6 Å². The van der Waals surface area contributed by atoms with E-state index in [0.717, 1.165) is 6.07 Å². The Morgan fingerprint density at radius 3 is 2.82 bits per heavy atom. The van der Waals surface area contributed by atoms with Gasteiger partial charge in [-0.2, -0.15) is 0 Å². The van der Waals surface area contributed by atoms with Crippen LogP contribution in [0, 0.1) is 5.82 Å². The van der Waals surface area contributed by atoms with Crippen molar-refractivity contribution in [2.75, 3.05) is 5.32 Å². The highest BCUT2D eigenvalue weighted by Gasteiger charge is 2.08. The summed E-state index contributed by atoms with van der Waals surface area (Å²) in [6, 6.07) is 7.21. The molecule has 0 unspecified atom stereocenters. The normalized spacial score (nSPS) is 10.2. The summed E-state index contributed by atoms with van der Waals surface area (Å²) >= 11 is 0. The third-order valence-electron chi connectivity index (χ3n) is 2.25. The molecule has 5 heteroatoms. The number of anilines is 1. The van der Waals surface area contributed by atoms with E-state index in [0.29, 0.717) is 12.3 Å². The molecule has 2 rings (SSSR count). The highest BCUT2D eigenvalue weighted by atomic mass is 19.1. The monoisotopic (exact) mass is 235 g/mol. The predicted molar refractivity (Wildman–Crippen MR) is 59.4 cm³/mol. The zero-order valence-electron chi connectivity index (χ0n) is 8.81. The van der Waals surface area contributed by atoms with Gasteiger partial charge in [-0.05, 0) is 30.3 Å². The summed E-state index contributed by atoms with van der Waals surface area (Å²) in [7, 11) is 0. The molecule has 0 spiro atoms. The first kappa shape index (κ1) is 11.2. The lowest BCUT2D eigenvalue weighted by molar-refractivity contribution is 0.0696.